The Kier molecular flexibility index (Phi) is 7.34. The van der Waals surface area contributed by atoms with Gasteiger partial charge in [-0.15, -0.1) is 0 Å². The highest BCUT2D eigenvalue weighted by Gasteiger charge is 2.48. The average Bonchev–Trinajstić information content (AvgIpc) is 3.51. The Labute approximate surface area is 240 Å². The van der Waals surface area contributed by atoms with Crippen molar-refractivity contribution in [1.82, 2.24) is 9.97 Å². The summed E-state index contributed by atoms with van der Waals surface area (Å²) in [5.74, 6) is -0.842. The van der Waals surface area contributed by atoms with Crippen LogP contribution in [0.25, 0.3) is 16.8 Å². The number of benzene rings is 3. The molecule has 1 aliphatic heterocycles. The van der Waals surface area contributed by atoms with Crippen LogP contribution < -0.4 is 14.5 Å². The van der Waals surface area contributed by atoms with E-state index in [1.54, 1.807) is 19.2 Å². The van der Waals surface area contributed by atoms with Crippen LogP contribution in [-0.2, 0) is 15.0 Å². The first kappa shape index (κ1) is 28.0. The summed E-state index contributed by atoms with van der Waals surface area (Å²) in [5, 5.41) is 11.7. The SMILES string of the molecule is CCN(CC)c1ccc(C2/C(=C(\O)c3ccc(OC)c(C(C)(C)C)c3)C(=O)C(=O)N2c2nc3ccccc3[nH]2)cc1. The second kappa shape index (κ2) is 10.8. The maximum atomic E-state index is 13.7. The third kappa shape index (κ3) is 4.94. The lowest BCUT2D eigenvalue weighted by atomic mass is 9.84. The molecule has 1 saturated heterocycles. The number of imidazole rings is 1. The molecule has 1 unspecified atom stereocenters. The minimum absolute atomic E-state index is 0.0103. The number of ether oxygens (including phenoxy) is 1. The molecule has 0 spiro atoms. The van der Waals surface area contributed by atoms with Gasteiger partial charge in [0.1, 0.15) is 11.5 Å². The van der Waals surface area contributed by atoms with E-state index >= 15 is 0 Å². The number of ketones is 1. The molecular formula is C33H36N4O4. The van der Waals surface area contributed by atoms with Gasteiger partial charge < -0.3 is 19.7 Å². The minimum atomic E-state index is -0.887. The monoisotopic (exact) mass is 552 g/mol. The van der Waals surface area contributed by atoms with Crippen LogP contribution >= 0.6 is 0 Å². The molecule has 1 fully saturated rings. The first-order valence-electron chi connectivity index (χ1n) is 13.9. The fourth-order valence-corrected chi connectivity index (χ4v) is 5.47. The van der Waals surface area contributed by atoms with Gasteiger partial charge in [-0.2, -0.15) is 0 Å². The van der Waals surface area contributed by atoms with E-state index in [9.17, 15) is 14.7 Å². The van der Waals surface area contributed by atoms with Crippen LogP contribution in [-0.4, -0.2) is 47.0 Å². The molecule has 1 atom stereocenters. The van der Waals surface area contributed by atoms with Crippen LogP contribution in [0, 0.1) is 0 Å². The number of rotatable bonds is 7. The summed E-state index contributed by atoms with van der Waals surface area (Å²) in [5.41, 5.74) is 4.16. The Morgan fingerprint density at radius 1 is 1.02 bits per heavy atom. The van der Waals surface area contributed by atoms with Crippen LogP contribution in [0.3, 0.4) is 0 Å². The van der Waals surface area contributed by atoms with E-state index in [1.165, 1.54) is 4.90 Å². The standard InChI is InChI=1S/C33H36N4O4/c1-7-36(8-2)22-16-13-20(14-17-22)28-27(29(38)21-15-18-26(41-6)23(19-21)33(3,4)5)30(39)31(40)37(28)32-34-24-11-9-10-12-25(24)35-32/h9-19,28,38H,7-8H2,1-6H3,(H,34,35)/b29-27+. The second-order valence-corrected chi connectivity index (χ2v) is 11.2. The third-order valence-electron chi connectivity index (χ3n) is 7.67. The quantitative estimate of drug-likeness (QED) is 0.158. The molecule has 4 aromatic rings. The summed E-state index contributed by atoms with van der Waals surface area (Å²) in [6.45, 7) is 12.0. The molecule has 212 valence electrons. The number of hydrogen-bond donors (Lipinski definition) is 2. The van der Waals surface area contributed by atoms with E-state index in [-0.39, 0.29) is 22.7 Å². The molecule has 1 aliphatic rings. The number of amides is 1. The van der Waals surface area contributed by atoms with Crippen LogP contribution in [0.5, 0.6) is 5.75 Å². The van der Waals surface area contributed by atoms with Crippen molar-refractivity contribution >= 4 is 40.1 Å². The van der Waals surface area contributed by atoms with Gasteiger partial charge in [-0.25, -0.2) is 4.98 Å². The zero-order valence-corrected chi connectivity index (χ0v) is 24.4. The summed E-state index contributed by atoms with van der Waals surface area (Å²) in [4.78, 5) is 38.7. The minimum Gasteiger partial charge on any atom is -0.507 e. The number of Topliss-reactive ketones (excluding diaryl/α,β-unsaturated/α-hetero) is 1. The molecular weight excluding hydrogens is 516 g/mol. The molecule has 1 amide bonds. The molecule has 41 heavy (non-hydrogen) atoms. The lowest BCUT2D eigenvalue weighted by Gasteiger charge is -2.25. The van der Waals surface area contributed by atoms with Crippen LogP contribution in [0.15, 0.2) is 72.3 Å². The Morgan fingerprint density at radius 2 is 1.71 bits per heavy atom. The highest BCUT2D eigenvalue weighted by Crippen LogP contribution is 2.43. The van der Waals surface area contributed by atoms with Crippen LogP contribution in [0.4, 0.5) is 11.6 Å². The zero-order chi connectivity index (χ0) is 29.5. The maximum absolute atomic E-state index is 13.7. The lowest BCUT2D eigenvalue weighted by molar-refractivity contribution is -0.132. The number of anilines is 2. The van der Waals surface area contributed by atoms with E-state index in [0.717, 1.165) is 29.9 Å². The number of carbonyl (C=O) groups excluding carboxylic acids is 2. The van der Waals surface area contributed by atoms with Crippen molar-refractivity contribution in [3.05, 3.63) is 89.0 Å². The number of aromatic amines is 1. The topological polar surface area (TPSA) is 98.8 Å². The average molecular weight is 553 g/mol. The molecule has 1 aromatic heterocycles. The van der Waals surface area contributed by atoms with E-state index in [1.807, 2.05) is 75.4 Å². The first-order valence-corrected chi connectivity index (χ1v) is 13.9. The summed E-state index contributed by atoms with van der Waals surface area (Å²) >= 11 is 0. The molecule has 8 heteroatoms. The number of fused-ring (bicyclic) bond motifs is 1. The molecule has 0 aliphatic carbocycles. The van der Waals surface area contributed by atoms with Gasteiger partial charge in [0.2, 0.25) is 5.95 Å². The maximum Gasteiger partial charge on any atom is 0.302 e. The number of para-hydroxylation sites is 2. The van der Waals surface area contributed by atoms with Crippen LogP contribution in [0.2, 0.25) is 0 Å². The number of aromatic nitrogens is 2. The number of aliphatic hydroxyl groups is 1. The largest absolute Gasteiger partial charge is 0.507 e. The van der Waals surface area contributed by atoms with Gasteiger partial charge in [-0.1, -0.05) is 45.0 Å². The van der Waals surface area contributed by atoms with Gasteiger partial charge >= 0.3 is 5.91 Å². The Balaban J connectivity index is 1.71. The van der Waals surface area contributed by atoms with Crippen LogP contribution in [0.1, 0.15) is 57.4 Å². The third-order valence-corrected chi connectivity index (χ3v) is 7.67. The number of aliphatic hydroxyl groups excluding tert-OH is 1. The van der Waals surface area contributed by atoms with Gasteiger partial charge in [-0.05, 0) is 67.3 Å². The van der Waals surface area contributed by atoms with E-state index in [2.05, 4.69) is 28.7 Å². The summed E-state index contributed by atoms with van der Waals surface area (Å²) in [6, 6.07) is 19.6. The number of methoxy groups -OCH3 is 1. The fraction of sp³-hybridized carbons (Fsp3) is 0.303. The number of carbonyl (C=O) groups is 2. The van der Waals surface area contributed by atoms with Gasteiger partial charge in [0, 0.05) is 29.9 Å². The molecule has 3 aromatic carbocycles. The molecule has 2 heterocycles. The smallest absolute Gasteiger partial charge is 0.302 e. The Bertz CT molecular complexity index is 1610. The predicted molar refractivity (Wildman–Crippen MR) is 163 cm³/mol. The van der Waals surface area contributed by atoms with Gasteiger partial charge in [0.05, 0.1) is 29.8 Å². The van der Waals surface area contributed by atoms with E-state index in [0.29, 0.717) is 22.4 Å². The molecule has 0 bridgehead atoms. The number of nitrogens with one attached hydrogen (secondary N) is 1. The van der Waals surface area contributed by atoms with Crippen molar-refractivity contribution in [2.24, 2.45) is 0 Å². The number of hydrogen-bond acceptors (Lipinski definition) is 6. The Morgan fingerprint density at radius 3 is 2.32 bits per heavy atom. The van der Waals surface area contributed by atoms with Crippen molar-refractivity contribution in [2.75, 3.05) is 30.0 Å². The Hall–Kier alpha value is -4.59. The summed E-state index contributed by atoms with van der Waals surface area (Å²) in [6.07, 6.45) is 0. The van der Waals surface area contributed by atoms with E-state index < -0.39 is 17.7 Å². The van der Waals surface area contributed by atoms with E-state index in [4.69, 9.17) is 4.74 Å². The highest BCUT2D eigenvalue weighted by molar-refractivity contribution is 6.51. The molecule has 5 rings (SSSR count). The zero-order valence-electron chi connectivity index (χ0n) is 24.4. The van der Waals surface area contributed by atoms with Crippen molar-refractivity contribution in [3.8, 4) is 5.75 Å². The van der Waals surface area contributed by atoms with Crippen molar-refractivity contribution in [3.63, 3.8) is 0 Å². The van der Waals surface area contributed by atoms with Crippen molar-refractivity contribution in [2.45, 2.75) is 46.1 Å². The highest BCUT2D eigenvalue weighted by atomic mass is 16.5. The predicted octanol–water partition coefficient (Wildman–Crippen LogP) is 6.34. The van der Waals surface area contributed by atoms with Gasteiger partial charge in [-0.3, -0.25) is 14.5 Å². The molecule has 8 nitrogen and oxygen atoms in total. The van der Waals surface area contributed by atoms with Gasteiger partial charge in [0.15, 0.2) is 0 Å². The van der Waals surface area contributed by atoms with Crippen molar-refractivity contribution < 1.29 is 19.4 Å². The number of H-pyrrole nitrogens is 1. The van der Waals surface area contributed by atoms with Gasteiger partial charge in [0.25, 0.3) is 5.78 Å². The van der Waals surface area contributed by atoms with Crippen molar-refractivity contribution in [1.29, 1.82) is 0 Å². The normalized spacial score (nSPS) is 16.9. The second-order valence-electron chi connectivity index (χ2n) is 11.2. The number of nitrogens with zero attached hydrogens (tertiary/aromatic N) is 3. The summed E-state index contributed by atoms with van der Waals surface area (Å²) in [7, 11) is 1.60. The first-order chi connectivity index (χ1) is 19.6. The molecule has 2 N–H and O–H groups in total. The summed E-state index contributed by atoms with van der Waals surface area (Å²) < 4.78 is 5.57. The lowest BCUT2D eigenvalue weighted by Crippen LogP contribution is -2.30. The fourth-order valence-electron chi connectivity index (χ4n) is 5.47. The molecule has 0 radical (unpaired) electrons. The molecule has 0 saturated carbocycles.